The van der Waals surface area contributed by atoms with Crippen molar-refractivity contribution < 1.29 is 13.2 Å². The molecule has 102 valence electrons. The summed E-state index contributed by atoms with van der Waals surface area (Å²) in [6.07, 6.45) is 0.725. The molecule has 0 bridgehead atoms. The topological polar surface area (TPSA) is 89.3 Å². The molecule has 6 heteroatoms. The molecule has 0 heterocycles. The van der Waals surface area contributed by atoms with Crippen LogP contribution in [0.2, 0.25) is 0 Å². The van der Waals surface area contributed by atoms with E-state index in [4.69, 9.17) is 5.73 Å². The normalized spacial score (nSPS) is 13.7. The molecule has 3 N–H and O–H groups in total. The van der Waals surface area contributed by atoms with Crippen LogP contribution in [0.25, 0.3) is 0 Å². The number of hydrogen-bond donors (Lipinski definition) is 2. The third-order valence-electron chi connectivity index (χ3n) is 2.56. The molecule has 0 aliphatic carbocycles. The molecule has 0 aromatic carbocycles. The van der Waals surface area contributed by atoms with Gasteiger partial charge >= 0.3 is 0 Å². The van der Waals surface area contributed by atoms with E-state index in [-0.39, 0.29) is 29.9 Å². The molecular formula is C11H24N2O3S. The van der Waals surface area contributed by atoms with Crippen LogP contribution < -0.4 is 11.1 Å². The number of rotatable bonds is 8. The van der Waals surface area contributed by atoms with Crippen LogP contribution in [0.3, 0.4) is 0 Å². The number of hydrogen-bond acceptors (Lipinski definition) is 4. The summed E-state index contributed by atoms with van der Waals surface area (Å²) in [4.78, 5) is 11.7. The van der Waals surface area contributed by atoms with Crippen LogP contribution in [-0.4, -0.2) is 38.9 Å². The van der Waals surface area contributed by atoms with Gasteiger partial charge in [0.2, 0.25) is 5.91 Å². The maximum atomic E-state index is 11.7. The molecule has 0 aromatic heterocycles. The quantitative estimate of drug-likeness (QED) is 0.653. The van der Waals surface area contributed by atoms with E-state index in [0.717, 1.165) is 6.42 Å². The summed E-state index contributed by atoms with van der Waals surface area (Å²) < 4.78 is 22.4. The fourth-order valence-electron chi connectivity index (χ4n) is 1.50. The maximum absolute atomic E-state index is 11.7. The van der Waals surface area contributed by atoms with E-state index < -0.39 is 9.84 Å². The van der Waals surface area contributed by atoms with Gasteiger partial charge < -0.3 is 11.1 Å². The molecule has 0 radical (unpaired) electrons. The van der Waals surface area contributed by atoms with E-state index in [1.165, 1.54) is 0 Å². The SMILES string of the molecule is CCS(=O)(=O)CCNC(=O)C(CN)CC(C)C. The zero-order valence-electron chi connectivity index (χ0n) is 10.9. The Morgan fingerprint density at radius 2 is 1.94 bits per heavy atom. The number of amides is 1. The van der Waals surface area contributed by atoms with E-state index in [9.17, 15) is 13.2 Å². The highest BCUT2D eigenvalue weighted by Gasteiger charge is 2.18. The summed E-state index contributed by atoms with van der Waals surface area (Å²) >= 11 is 0. The molecule has 0 rings (SSSR count). The Hall–Kier alpha value is -0.620. The Bertz CT molecular complexity index is 326. The van der Waals surface area contributed by atoms with Crippen LogP contribution in [0, 0.1) is 11.8 Å². The van der Waals surface area contributed by atoms with Gasteiger partial charge in [-0.15, -0.1) is 0 Å². The van der Waals surface area contributed by atoms with Crippen molar-refractivity contribution in [1.82, 2.24) is 5.32 Å². The lowest BCUT2D eigenvalue weighted by atomic mass is 9.96. The Balaban J connectivity index is 4.08. The van der Waals surface area contributed by atoms with E-state index in [0.29, 0.717) is 12.5 Å². The molecule has 0 spiro atoms. The molecule has 0 aliphatic heterocycles. The summed E-state index contributed by atoms with van der Waals surface area (Å²) in [6.45, 7) is 6.11. The van der Waals surface area contributed by atoms with Gasteiger partial charge in [0.15, 0.2) is 9.84 Å². The van der Waals surface area contributed by atoms with Crippen molar-refractivity contribution >= 4 is 15.7 Å². The Kier molecular flexibility index (Phi) is 7.38. The van der Waals surface area contributed by atoms with Gasteiger partial charge in [-0.25, -0.2) is 8.42 Å². The van der Waals surface area contributed by atoms with Crippen LogP contribution in [0.1, 0.15) is 27.2 Å². The zero-order chi connectivity index (χ0) is 13.5. The third-order valence-corrected chi connectivity index (χ3v) is 4.27. The van der Waals surface area contributed by atoms with Gasteiger partial charge in [0, 0.05) is 18.8 Å². The molecule has 1 unspecified atom stereocenters. The smallest absolute Gasteiger partial charge is 0.224 e. The summed E-state index contributed by atoms with van der Waals surface area (Å²) in [6, 6.07) is 0. The molecular weight excluding hydrogens is 240 g/mol. The van der Waals surface area contributed by atoms with E-state index in [2.05, 4.69) is 5.32 Å². The lowest BCUT2D eigenvalue weighted by molar-refractivity contribution is -0.125. The standard InChI is InChI=1S/C11H24N2O3S/c1-4-17(15,16)6-5-13-11(14)10(8-12)7-9(2)3/h9-10H,4-8,12H2,1-3H3,(H,13,14). The highest BCUT2D eigenvalue weighted by molar-refractivity contribution is 7.91. The van der Waals surface area contributed by atoms with Crippen molar-refractivity contribution in [3.8, 4) is 0 Å². The summed E-state index contributed by atoms with van der Waals surface area (Å²) in [5.41, 5.74) is 5.53. The molecule has 0 aromatic rings. The Morgan fingerprint density at radius 1 is 1.35 bits per heavy atom. The molecule has 17 heavy (non-hydrogen) atoms. The van der Waals surface area contributed by atoms with Gasteiger partial charge in [-0.05, 0) is 12.3 Å². The van der Waals surface area contributed by atoms with Gasteiger partial charge in [-0.1, -0.05) is 20.8 Å². The molecule has 1 atom stereocenters. The van der Waals surface area contributed by atoms with E-state index in [1.54, 1.807) is 6.92 Å². The first-order valence-electron chi connectivity index (χ1n) is 6.00. The fourth-order valence-corrected chi connectivity index (χ4v) is 2.20. The lowest BCUT2D eigenvalue weighted by Gasteiger charge is -2.16. The van der Waals surface area contributed by atoms with Crippen molar-refractivity contribution in [2.75, 3.05) is 24.6 Å². The number of carbonyl (C=O) groups excluding carboxylic acids is 1. The monoisotopic (exact) mass is 264 g/mol. The van der Waals surface area contributed by atoms with Gasteiger partial charge in [0.1, 0.15) is 0 Å². The second-order valence-electron chi connectivity index (χ2n) is 4.59. The fraction of sp³-hybridized carbons (Fsp3) is 0.909. The third kappa shape index (κ3) is 7.33. The second kappa shape index (κ2) is 7.66. The summed E-state index contributed by atoms with van der Waals surface area (Å²) in [7, 11) is -3.02. The van der Waals surface area contributed by atoms with Gasteiger partial charge in [0.25, 0.3) is 0 Å². The average molecular weight is 264 g/mol. The highest BCUT2D eigenvalue weighted by Crippen LogP contribution is 2.10. The minimum atomic E-state index is -3.02. The van der Waals surface area contributed by atoms with E-state index >= 15 is 0 Å². The van der Waals surface area contributed by atoms with Gasteiger partial charge in [0.05, 0.1) is 11.7 Å². The molecule has 0 saturated carbocycles. The van der Waals surface area contributed by atoms with Crippen molar-refractivity contribution in [1.29, 1.82) is 0 Å². The molecule has 0 fully saturated rings. The van der Waals surface area contributed by atoms with Crippen molar-refractivity contribution in [2.24, 2.45) is 17.6 Å². The van der Waals surface area contributed by atoms with Crippen molar-refractivity contribution in [2.45, 2.75) is 27.2 Å². The van der Waals surface area contributed by atoms with Crippen molar-refractivity contribution in [3.63, 3.8) is 0 Å². The van der Waals surface area contributed by atoms with Crippen LogP contribution in [0.5, 0.6) is 0 Å². The van der Waals surface area contributed by atoms with Gasteiger partial charge in [-0.3, -0.25) is 4.79 Å². The maximum Gasteiger partial charge on any atom is 0.224 e. The lowest BCUT2D eigenvalue weighted by Crippen LogP contribution is -2.38. The minimum absolute atomic E-state index is 0.00574. The predicted octanol–water partition coefficient (Wildman–Crippen LogP) is 0.158. The number of nitrogens with two attached hydrogens (primary N) is 1. The Labute approximate surface area is 104 Å². The van der Waals surface area contributed by atoms with Crippen molar-refractivity contribution in [3.05, 3.63) is 0 Å². The second-order valence-corrected chi connectivity index (χ2v) is 7.06. The Morgan fingerprint density at radius 3 is 2.35 bits per heavy atom. The molecule has 5 nitrogen and oxygen atoms in total. The molecule has 0 aliphatic rings. The van der Waals surface area contributed by atoms with Crippen LogP contribution in [-0.2, 0) is 14.6 Å². The first-order valence-corrected chi connectivity index (χ1v) is 7.82. The largest absolute Gasteiger partial charge is 0.355 e. The summed E-state index contributed by atoms with van der Waals surface area (Å²) in [5.74, 6) is 0.129. The first kappa shape index (κ1) is 16.4. The van der Waals surface area contributed by atoms with Gasteiger partial charge in [-0.2, -0.15) is 0 Å². The predicted molar refractivity (Wildman–Crippen MR) is 69.3 cm³/mol. The highest BCUT2D eigenvalue weighted by atomic mass is 32.2. The number of nitrogens with one attached hydrogen (secondary N) is 1. The zero-order valence-corrected chi connectivity index (χ0v) is 11.7. The summed E-state index contributed by atoms with van der Waals surface area (Å²) in [5, 5.41) is 2.63. The minimum Gasteiger partial charge on any atom is -0.355 e. The van der Waals surface area contributed by atoms with Crippen LogP contribution in [0.4, 0.5) is 0 Å². The number of sulfone groups is 1. The van der Waals surface area contributed by atoms with Crippen LogP contribution >= 0.6 is 0 Å². The molecule has 0 saturated heterocycles. The number of carbonyl (C=O) groups is 1. The average Bonchev–Trinajstić information content (AvgIpc) is 2.25. The van der Waals surface area contributed by atoms with Crippen LogP contribution in [0.15, 0.2) is 0 Å². The van der Waals surface area contributed by atoms with E-state index in [1.807, 2.05) is 13.8 Å². The first-order chi connectivity index (χ1) is 7.82. The molecule has 1 amide bonds.